The number of aromatic nitrogens is 2. The maximum absolute atomic E-state index is 11.9. The molecule has 8 heteroatoms. The standard InChI is InChI=1S/C22H21N5O2S/c1-15-6-7-17(12-20(15)22-9-8-18(13-23)25-26-22)24-21-5-3-4-16-14-27(30(2,28)29)11-10-19(16)21/h3-9,12,24H,10-11,14H2,1-2H3. The van der Waals surface area contributed by atoms with E-state index in [0.717, 1.165) is 33.6 Å². The second-order valence-corrected chi connectivity index (χ2v) is 9.34. The molecule has 0 bridgehead atoms. The Morgan fingerprint density at radius 3 is 2.67 bits per heavy atom. The van der Waals surface area contributed by atoms with Crippen molar-refractivity contribution in [1.29, 1.82) is 5.26 Å². The number of rotatable bonds is 4. The first kappa shape index (κ1) is 20.0. The fraction of sp³-hybridized carbons (Fsp3) is 0.227. The van der Waals surface area contributed by atoms with E-state index in [2.05, 4.69) is 15.5 Å². The van der Waals surface area contributed by atoms with Crippen LogP contribution in [0.5, 0.6) is 0 Å². The molecule has 0 unspecified atom stereocenters. The van der Waals surface area contributed by atoms with Crippen LogP contribution in [0.4, 0.5) is 11.4 Å². The summed E-state index contributed by atoms with van der Waals surface area (Å²) >= 11 is 0. The second-order valence-electron chi connectivity index (χ2n) is 7.36. The van der Waals surface area contributed by atoms with Crippen LogP contribution in [-0.2, 0) is 23.0 Å². The van der Waals surface area contributed by atoms with Gasteiger partial charge >= 0.3 is 0 Å². The smallest absolute Gasteiger partial charge is 0.211 e. The van der Waals surface area contributed by atoms with E-state index in [1.807, 2.05) is 49.4 Å². The van der Waals surface area contributed by atoms with Crippen molar-refractivity contribution in [3.8, 4) is 17.3 Å². The third-order valence-corrected chi connectivity index (χ3v) is 6.52. The van der Waals surface area contributed by atoms with Crippen molar-refractivity contribution in [2.45, 2.75) is 19.9 Å². The molecule has 0 radical (unpaired) electrons. The van der Waals surface area contributed by atoms with E-state index < -0.39 is 10.0 Å². The summed E-state index contributed by atoms with van der Waals surface area (Å²) in [6.45, 7) is 2.87. The van der Waals surface area contributed by atoms with Crippen LogP contribution < -0.4 is 5.32 Å². The summed E-state index contributed by atoms with van der Waals surface area (Å²) in [6, 6.07) is 17.4. The molecule has 1 aliphatic heterocycles. The predicted molar refractivity (Wildman–Crippen MR) is 116 cm³/mol. The van der Waals surface area contributed by atoms with Crippen molar-refractivity contribution in [2.75, 3.05) is 18.1 Å². The van der Waals surface area contributed by atoms with Crippen LogP contribution in [0.15, 0.2) is 48.5 Å². The summed E-state index contributed by atoms with van der Waals surface area (Å²) in [7, 11) is -3.21. The van der Waals surface area contributed by atoms with Gasteiger partial charge in [-0.3, -0.25) is 0 Å². The summed E-state index contributed by atoms with van der Waals surface area (Å²) in [4.78, 5) is 0. The van der Waals surface area contributed by atoms with Gasteiger partial charge in [0.1, 0.15) is 6.07 Å². The second kappa shape index (κ2) is 7.86. The van der Waals surface area contributed by atoms with Gasteiger partial charge < -0.3 is 5.32 Å². The molecule has 0 saturated carbocycles. The normalized spacial score (nSPS) is 14.0. The highest BCUT2D eigenvalue weighted by Gasteiger charge is 2.24. The average molecular weight is 420 g/mol. The zero-order valence-corrected chi connectivity index (χ0v) is 17.6. The fourth-order valence-corrected chi connectivity index (χ4v) is 4.45. The number of hydrogen-bond donors (Lipinski definition) is 1. The molecule has 30 heavy (non-hydrogen) atoms. The van der Waals surface area contributed by atoms with Gasteiger partial charge in [0.25, 0.3) is 0 Å². The molecule has 0 spiro atoms. The van der Waals surface area contributed by atoms with Crippen LogP contribution in [0, 0.1) is 18.3 Å². The first-order chi connectivity index (χ1) is 14.3. The Morgan fingerprint density at radius 1 is 1.13 bits per heavy atom. The molecule has 1 aromatic heterocycles. The molecule has 0 amide bonds. The number of hydrogen-bond acceptors (Lipinski definition) is 6. The third-order valence-electron chi connectivity index (χ3n) is 5.27. The van der Waals surface area contributed by atoms with Gasteiger partial charge in [-0.1, -0.05) is 18.2 Å². The van der Waals surface area contributed by atoms with Crippen molar-refractivity contribution in [3.63, 3.8) is 0 Å². The predicted octanol–water partition coefficient (Wildman–Crippen LogP) is 3.39. The number of sulfonamides is 1. The van der Waals surface area contributed by atoms with Gasteiger partial charge in [-0.05, 0) is 60.4 Å². The Labute approximate surface area is 176 Å². The maximum Gasteiger partial charge on any atom is 0.211 e. The number of anilines is 2. The van der Waals surface area contributed by atoms with Crippen molar-refractivity contribution < 1.29 is 8.42 Å². The van der Waals surface area contributed by atoms with E-state index >= 15 is 0 Å². The lowest BCUT2D eigenvalue weighted by Gasteiger charge is -2.28. The zero-order valence-electron chi connectivity index (χ0n) is 16.8. The highest BCUT2D eigenvalue weighted by molar-refractivity contribution is 7.88. The Balaban J connectivity index is 1.64. The van der Waals surface area contributed by atoms with Crippen molar-refractivity contribution in [3.05, 3.63) is 70.9 Å². The molecule has 0 atom stereocenters. The Hall–Kier alpha value is -3.28. The number of aryl methyl sites for hydroxylation is 1. The summed E-state index contributed by atoms with van der Waals surface area (Å²) in [6.07, 6.45) is 1.91. The highest BCUT2D eigenvalue weighted by atomic mass is 32.2. The van der Waals surface area contributed by atoms with Gasteiger partial charge in [0.15, 0.2) is 5.69 Å². The monoisotopic (exact) mass is 419 g/mol. The molecule has 0 aliphatic carbocycles. The molecule has 1 aliphatic rings. The maximum atomic E-state index is 11.9. The molecule has 4 rings (SSSR count). The zero-order chi connectivity index (χ0) is 21.3. The molecular formula is C22H21N5O2S. The lowest BCUT2D eigenvalue weighted by molar-refractivity contribution is 0.395. The van der Waals surface area contributed by atoms with E-state index in [4.69, 9.17) is 5.26 Å². The third kappa shape index (κ3) is 4.03. The van der Waals surface area contributed by atoms with Crippen molar-refractivity contribution in [1.82, 2.24) is 14.5 Å². The summed E-state index contributed by atoms with van der Waals surface area (Å²) in [5.41, 5.74) is 7.00. The lowest BCUT2D eigenvalue weighted by Crippen LogP contribution is -2.35. The summed E-state index contributed by atoms with van der Waals surface area (Å²) in [5.74, 6) is 0. The number of nitrogens with one attached hydrogen (secondary N) is 1. The van der Waals surface area contributed by atoms with Gasteiger partial charge in [0.2, 0.25) is 10.0 Å². The summed E-state index contributed by atoms with van der Waals surface area (Å²) < 4.78 is 25.3. The van der Waals surface area contributed by atoms with Gasteiger partial charge in [-0.15, -0.1) is 10.2 Å². The van der Waals surface area contributed by atoms with Crippen molar-refractivity contribution >= 4 is 21.4 Å². The van der Waals surface area contributed by atoms with Crippen molar-refractivity contribution in [2.24, 2.45) is 0 Å². The van der Waals surface area contributed by atoms with E-state index in [-0.39, 0.29) is 5.69 Å². The number of fused-ring (bicyclic) bond motifs is 1. The lowest BCUT2D eigenvalue weighted by atomic mass is 9.98. The minimum Gasteiger partial charge on any atom is -0.355 e. The minimum absolute atomic E-state index is 0.282. The molecular weight excluding hydrogens is 398 g/mol. The molecule has 1 N–H and O–H groups in total. The van der Waals surface area contributed by atoms with Crippen LogP contribution in [0.2, 0.25) is 0 Å². The molecule has 2 heterocycles. The van der Waals surface area contributed by atoms with E-state index in [1.54, 1.807) is 12.1 Å². The van der Waals surface area contributed by atoms with E-state index in [9.17, 15) is 8.42 Å². The van der Waals surface area contributed by atoms with E-state index in [1.165, 1.54) is 10.6 Å². The fourth-order valence-electron chi connectivity index (χ4n) is 3.65. The van der Waals surface area contributed by atoms with E-state index in [0.29, 0.717) is 25.2 Å². The molecule has 0 saturated heterocycles. The topological polar surface area (TPSA) is 99.0 Å². The summed E-state index contributed by atoms with van der Waals surface area (Å²) in [5, 5.41) is 20.5. The van der Waals surface area contributed by atoms with Crippen LogP contribution in [0.3, 0.4) is 0 Å². The average Bonchev–Trinajstić information content (AvgIpc) is 2.74. The molecule has 3 aromatic rings. The first-order valence-corrected chi connectivity index (χ1v) is 11.4. The Bertz CT molecular complexity index is 1250. The molecule has 7 nitrogen and oxygen atoms in total. The van der Waals surface area contributed by atoms with Crippen LogP contribution in [-0.4, -0.2) is 35.7 Å². The van der Waals surface area contributed by atoms with Crippen LogP contribution in [0.25, 0.3) is 11.3 Å². The Morgan fingerprint density at radius 2 is 1.97 bits per heavy atom. The van der Waals surface area contributed by atoms with Crippen LogP contribution in [0.1, 0.15) is 22.4 Å². The molecule has 0 fully saturated rings. The minimum atomic E-state index is -3.21. The molecule has 152 valence electrons. The number of nitriles is 1. The first-order valence-electron chi connectivity index (χ1n) is 9.53. The quantitative estimate of drug-likeness (QED) is 0.696. The van der Waals surface area contributed by atoms with Gasteiger partial charge in [0, 0.05) is 30.0 Å². The van der Waals surface area contributed by atoms with Gasteiger partial charge in [0.05, 0.1) is 11.9 Å². The highest BCUT2D eigenvalue weighted by Crippen LogP contribution is 2.31. The van der Waals surface area contributed by atoms with Gasteiger partial charge in [-0.2, -0.15) is 9.57 Å². The van der Waals surface area contributed by atoms with Crippen LogP contribution >= 0.6 is 0 Å². The SMILES string of the molecule is Cc1ccc(Nc2cccc3c2CCN(S(C)(=O)=O)C3)cc1-c1ccc(C#N)nn1. The number of nitrogens with zero attached hydrogens (tertiary/aromatic N) is 4. The van der Waals surface area contributed by atoms with Gasteiger partial charge in [-0.25, -0.2) is 8.42 Å². The number of benzene rings is 2. The Kier molecular flexibility index (Phi) is 5.24. The largest absolute Gasteiger partial charge is 0.355 e. The molecule has 2 aromatic carbocycles.